The molecule has 2 rings (SSSR count). The van der Waals surface area contributed by atoms with Crippen LogP contribution in [0.25, 0.3) is 10.9 Å². The van der Waals surface area contributed by atoms with Gasteiger partial charge in [-0.05, 0) is 42.7 Å². The van der Waals surface area contributed by atoms with Crippen molar-refractivity contribution in [1.29, 1.82) is 0 Å². The van der Waals surface area contributed by atoms with Crippen LogP contribution in [-0.4, -0.2) is 4.98 Å². The van der Waals surface area contributed by atoms with Crippen LogP contribution in [0.1, 0.15) is 18.1 Å². The van der Waals surface area contributed by atoms with Crippen LogP contribution in [0.4, 0.5) is 0 Å². The Morgan fingerprint density at radius 2 is 2.14 bits per heavy atom. The summed E-state index contributed by atoms with van der Waals surface area (Å²) >= 11 is 3.49. The molecule has 0 aliphatic rings. The molecule has 1 nitrogen and oxygen atoms in total. The SMILES string of the molecule is CCc1cnc2ccc(Br)cc2c1C. The van der Waals surface area contributed by atoms with Gasteiger partial charge in [-0.3, -0.25) is 4.98 Å². The standard InChI is InChI=1S/C12H12BrN/c1-3-9-7-14-12-5-4-10(13)6-11(12)8(9)2/h4-7H,3H2,1-2H3. The van der Waals surface area contributed by atoms with E-state index in [1.807, 2.05) is 18.3 Å². The van der Waals surface area contributed by atoms with E-state index in [4.69, 9.17) is 0 Å². The number of aryl methyl sites for hydroxylation is 2. The van der Waals surface area contributed by atoms with Gasteiger partial charge in [0.15, 0.2) is 0 Å². The number of hydrogen-bond acceptors (Lipinski definition) is 1. The van der Waals surface area contributed by atoms with Gasteiger partial charge in [-0.25, -0.2) is 0 Å². The van der Waals surface area contributed by atoms with Gasteiger partial charge in [0.2, 0.25) is 0 Å². The highest BCUT2D eigenvalue weighted by atomic mass is 79.9. The number of rotatable bonds is 1. The number of halogens is 1. The number of aromatic nitrogens is 1. The molecule has 72 valence electrons. The quantitative estimate of drug-likeness (QED) is 0.748. The smallest absolute Gasteiger partial charge is 0.0705 e. The molecule has 1 heterocycles. The van der Waals surface area contributed by atoms with E-state index in [1.54, 1.807) is 0 Å². The summed E-state index contributed by atoms with van der Waals surface area (Å²) in [6.45, 7) is 4.32. The van der Waals surface area contributed by atoms with Gasteiger partial charge < -0.3 is 0 Å². The van der Waals surface area contributed by atoms with Gasteiger partial charge in [0.1, 0.15) is 0 Å². The first kappa shape index (κ1) is 9.66. The number of pyridine rings is 1. The summed E-state index contributed by atoms with van der Waals surface area (Å²) in [5.74, 6) is 0. The minimum absolute atomic E-state index is 1.04. The Morgan fingerprint density at radius 1 is 1.36 bits per heavy atom. The molecule has 0 amide bonds. The third kappa shape index (κ3) is 1.55. The summed E-state index contributed by atoms with van der Waals surface area (Å²) in [6.07, 6.45) is 3.02. The monoisotopic (exact) mass is 249 g/mol. The lowest BCUT2D eigenvalue weighted by molar-refractivity contribution is 1.09. The van der Waals surface area contributed by atoms with Gasteiger partial charge >= 0.3 is 0 Å². The highest BCUT2D eigenvalue weighted by molar-refractivity contribution is 9.10. The predicted molar refractivity (Wildman–Crippen MR) is 63.6 cm³/mol. The maximum atomic E-state index is 4.43. The Bertz CT molecular complexity index is 477. The Labute approximate surface area is 92.3 Å². The van der Waals surface area contributed by atoms with Crippen LogP contribution in [0.15, 0.2) is 28.9 Å². The Morgan fingerprint density at radius 3 is 2.86 bits per heavy atom. The molecule has 0 fully saturated rings. The molecule has 0 aliphatic heterocycles. The van der Waals surface area contributed by atoms with Crippen molar-refractivity contribution in [3.05, 3.63) is 40.0 Å². The lowest BCUT2D eigenvalue weighted by atomic mass is 10.0. The first-order chi connectivity index (χ1) is 6.72. The summed E-state index contributed by atoms with van der Waals surface area (Å²) in [5, 5.41) is 1.25. The van der Waals surface area contributed by atoms with Gasteiger partial charge in [0.25, 0.3) is 0 Å². The fraction of sp³-hybridized carbons (Fsp3) is 0.250. The second-order valence-corrected chi connectivity index (χ2v) is 4.34. The van der Waals surface area contributed by atoms with E-state index in [-0.39, 0.29) is 0 Å². The molecular formula is C12H12BrN. The van der Waals surface area contributed by atoms with Crippen LogP contribution in [0, 0.1) is 6.92 Å². The number of benzene rings is 1. The van der Waals surface area contributed by atoms with Gasteiger partial charge in [-0.15, -0.1) is 0 Å². The highest BCUT2D eigenvalue weighted by Gasteiger charge is 2.03. The number of fused-ring (bicyclic) bond motifs is 1. The van der Waals surface area contributed by atoms with E-state index < -0.39 is 0 Å². The molecule has 2 aromatic rings. The second-order valence-electron chi connectivity index (χ2n) is 3.42. The van der Waals surface area contributed by atoms with Crippen LogP contribution >= 0.6 is 15.9 Å². The van der Waals surface area contributed by atoms with Gasteiger partial charge in [0, 0.05) is 16.1 Å². The van der Waals surface area contributed by atoms with E-state index in [0.29, 0.717) is 0 Å². The number of nitrogens with zero attached hydrogens (tertiary/aromatic N) is 1. The minimum atomic E-state index is 1.04. The molecule has 0 bridgehead atoms. The average Bonchev–Trinajstić information content (AvgIpc) is 2.20. The zero-order valence-corrected chi connectivity index (χ0v) is 9.93. The van der Waals surface area contributed by atoms with Crippen molar-refractivity contribution in [2.75, 3.05) is 0 Å². The Hall–Kier alpha value is -0.890. The van der Waals surface area contributed by atoms with Crippen molar-refractivity contribution >= 4 is 26.8 Å². The molecule has 0 saturated carbocycles. The summed E-state index contributed by atoms with van der Waals surface area (Å²) in [7, 11) is 0. The second kappa shape index (κ2) is 3.70. The predicted octanol–water partition coefficient (Wildman–Crippen LogP) is 3.87. The maximum absolute atomic E-state index is 4.43. The topological polar surface area (TPSA) is 12.9 Å². The third-order valence-corrected chi connectivity index (χ3v) is 3.08. The van der Waals surface area contributed by atoms with E-state index in [9.17, 15) is 0 Å². The molecular weight excluding hydrogens is 238 g/mol. The molecule has 1 aromatic heterocycles. The largest absolute Gasteiger partial charge is 0.256 e. The van der Waals surface area contributed by atoms with E-state index in [1.165, 1.54) is 16.5 Å². The summed E-state index contributed by atoms with van der Waals surface area (Å²) in [4.78, 5) is 4.43. The molecule has 0 N–H and O–H groups in total. The lowest BCUT2D eigenvalue weighted by Crippen LogP contribution is -1.91. The van der Waals surface area contributed by atoms with E-state index in [0.717, 1.165) is 16.4 Å². The lowest BCUT2D eigenvalue weighted by Gasteiger charge is -2.06. The molecule has 0 spiro atoms. The van der Waals surface area contributed by atoms with Crippen LogP contribution in [-0.2, 0) is 6.42 Å². The molecule has 0 unspecified atom stereocenters. The van der Waals surface area contributed by atoms with Crippen molar-refractivity contribution in [2.24, 2.45) is 0 Å². The van der Waals surface area contributed by atoms with E-state index >= 15 is 0 Å². The first-order valence-corrected chi connectivity index (χ1v) is 5.55. The molecule has 0 radical (unpaired) electrons. The fourth-order valence-electron chi connectivity index (χ4n) is 1.69. The fourth-order valence-corrected chi connectivity index (χ4v) is 2.06. The Balaban J connectivity index is 2.79. The Kier molecular flexibility index (Phi) is 2.55. The van der Waals surface area contributed by atoms with Gasteiger partial charge in [0.05, 0.1) is 5.52 Å². The van der Waals surface area contributed by atoms with Gasteiger partial charge in [-0.1, -0.05) is 22.9 Å². The third-order valence-electron chi connectivity index (χ3n) is 2.58. The average molecular weight is 250 g/mol. The van der Waals surface area contributed by atoms with Crippen LogP contribution in [0.3, 0.4) is 0 Å². The van der Waals surface area contributed by atoms with Crippen LogP contribution in [0.2, 0.25) is 0 Å². The summed E-state index contributed by atoms with van der Waals surface area (Å²) in [5.41, 5.74) is 3.75. The molecule has 14 heavy (non-hydrogen) atoms. The van der Waals surface area contributed by atoms with Crippen molar-refractivity contribution in [2.45, 2.75) is 20.3 Å². The molecule has 0 atom stereocenters. The van der Waals surface area contributed by atoms with Gasteiger partial charge in [-0.2, -0.15) is 0 Å². The minimum Gasteiger partial charge on any atom is -0.256 e. The van der Waals surface area contributed by atoms with Crippen LogP contribution < -0.4 is 0 Å². The van der Waals surface area contributed by atoms with Crippen molar-refractivity contribution in [1.82, 2.24) is 4.98 Å². The van der Waals surface area contributed by atoms with Crippen molar-refractivity contribution in [3.8, 4) is 0 Å². The number of hydrogen-bond donors (Lipinski definition) is 0. The van der Waals surface area contributed by atoms with Crippen LogP contribution in [0.5, 0.6) is 0 Å². The van der Waals surface area contributed by atoms with Crippen molar-refractivity contribution < 1.29 is 0 Å². The zero-order chi connectivity index (χ0) is 10.1. The summed E-state index contributed by atoms with van der Waals surface area (Å²) < 4.78 is 1.11. The summed E-state index contributed by atoms with van der Waals surface area (Å²) in [6, 6.07) is 6.21. The van der Waals surface area contributed by atoms with E-state index in [2.05, 4.69) is 40.8 Å². The molecule has 0 saturated heterocycles. The first-order valence-electron chi connectivity index (χ1n) is 4.76. The van der Waals surface area contributed by atoms with Crippen molar-refractivity contribution in [3.63, 3.8) is 0 Å². The molecule has 2 heteroatoms. The normalized spacial score (nSPS) is 10.8. The highest BCUT2D eigenvalue weighted by Crippen LogP contribution is 2.23. The zero-order valence-electron chi connectivity index (χ0n) is 8.34. The molecule has 0 aliphatic carbocycles. The maximum Gasteiger partial charge on any atom is 0.0705 e. The molecule has 1 aromatic carbocycles.